The van der Waals surface area contributed by atoms with Gasteiger partial charge in [-0.15, -0.1) is 16.8 Å². The summed E-state index contributed by atoms with van der Waals surface area (Å²) in [5.41, 5.74) is 0.955. The van der Waals surface area contributed by atoms with Gasteiger partial charge in [0.25, 0.3) is 0 Å². The van der Waals surface area contributed by atoms with E-state index < -0.39 is 0 Å². The monoisotopic (exact) mass is 304 g/mol. The number of hydrogen-bond donors (Lipinski definition) is 0. The van der Waals surface area contributed by atoms with Crippen LogP contribution in [0, 0.1) is 11.3 Å². The molecule has 0 spiro atoms. The molecular formula is C14H13ClN4S. The molecule has 0 unspecified atom stereocenters. The van der Waals surface area contributed by atoms with Crippen LogP contribution in [0.3, 0.4) is 0 Å². The van der Waals surface area contributed by atoms with Crippen molar-refractivity contribution in [3.8, 4) is 17.5 Å². The SMILES string of the molecule is C=CCn1c(SCCC#N)nnc1-c1ccc(Cl)cc1. The predicted octanol–water partition coefficient (Wildman–Crippen LogP) is 3.79. The van der Waals surface area contributed by atoms with Crippen LogP contribution in [0.5, 0.6) is 0 Å². The lowest BCUT2D eigenvalue weighted by molar-refractivity contribution is 0.731. The molecule has 1 aromatic heterocycles. The lowest BCUT2D eigenvalue weighted by atomic mass is 10.2. The summed E-state index contributed by atoms with van der Waals surface area (Å²) < 4.78 is 1.98. The van der Waals surface area contributed by atoms with Crippen molar-refractivity contribution in [3.63, 3.8) is 0 Å². The Kier molecular flexibility index (Phi) is 5.22. The molecule has 2 aromatic rings. The molecule has 2 rings (SSSR count). The van der Waals surface area contributed by atoms with Crippen LogP contribution in [0.4, 0.5) is 0 Å². The average Bonchev–Trinajstić information content (AvgIpc) is 2.84. The summed E-state index contributed by atoms with van der Waals surface area (Å²) in [5.74, 6) is 1.48. The van der Waals surface area contributed by atoms with Gasteiger partial charge in [-0.2, -0.15) is 5.26 Å². The second-order valence-corrected chi connectivity index (χ2v) is 5.47. The minimum atomic E-state index is 0.488. The standard InChI is InChI=1S/C14H13ClN4S/c1-2-9-19-13(11-4-6-12(15)7-5-11)17-18-14(19)20-10-3-8-16/h2,4-7H,1,3,9-10H2. The zero-order chi connectivity index (χ0) is 14.4. The number of thioether (sulfide) groups is 1. The fourth-order valence-corrected chi connectivity index (χ4v) is 2.61. The molecule has 4 nitrogen and oxygen atoms in total. The van der Waals surface area contributed by atoms with E-state index in [9.17, 15) is 0 Å². The smallest absolute Gasteiger partial charge is 0.191 e. The Balaban J connectivity index is 2.31. The Labute approximate surface area is 127 Å². The summed E-state index contributed by atoms with van der Waals surface area (Å²) in [7, 11) is 0. The Morgan fingerprint density at radius 3 is 2.75 bits per heavy atom. The van der Waals surface area contributed by atoms with Crippen LogP contribution in [0.25, 0.3) is 11.4 Å². The lowest BCUT2D eigenvalue weighted by Crippen LogP contribution is -2.00. The number of hydrogen-bond acceptors (Lipinski definition) is 4. The van der Waals surface area contributed by atoms with Crippen LogP contribution < -0.4 is 0 Å². The van der Waals surface area contributed by atoms with Crippen molar-refractivity contribution in [2.75, 3.05) is 5.75 Å². The van der Waals surface area contributed by atoms with Gasteiger partial charge in [0.05, 0.1) is 6.07 Å². The highest BCUT2D eigenvalue weighted by molar-refractivity contribution is 7.99. The Hall–Kier alpha value is -1.77. The fraction of sp³-hybridized carbons (Fsp3) is 0.214. The highest BCUT2D eigenvalue weighted by atomic mass is 35.5. The van der Waals surface area contributed by atoms with Crippen molar-refractivity contribution in [3.05, 3.63) is 41.9 Å². The first-order chi connectivity index (χ1) is 9.76. The molecule has 20 heavy (non-hydrogen) atoms. The van der Waals surface area contributed by atoms with Crippen LogP contribution in [0.15, 0.2) is 42.1 Å². The molecule has 0 saturated carbocycles. The maximum absolute atomic E-state index is 8.59. The third-order valence-electron chi connectivity index (χ3n) is 2.58. The first kappa shape index (κ1) is 14.6. The Morgan fingerprint density at radius 1 is 1.35 bits per heavy atom. The molecule has 0 saturated heterocycles. The molecule has 0 radical (unpaired) electrons. The fourth-order valence-electron chi connectivity index (χ4n) is 1.69. The molecule has 0 atom stereocenters. The van der Waals surface area contributed by atoms with E-state index in [-0.39, 0.29) is 0 Å². The van der Waals surface area contributed by atoms with Gasteiger partial charge in [0, 0.05) is 29.3 Å². The van der Waals surface area contributed by atoms with Gasteiger partial charge in [-0.3, -0.25) is 4.57 Å². The van der Waals surface area contributed by atoms with Gasteiger partial charge < -0.3 is 0 Å². The van der Waals surface area contributed by atoms with Crippen molar-refractivity contribution in [2.24, 2.45) is 0 Å². The summed E-state index contributed by atoms with van der Waals surface area (Å²) in [4.78, 5) is 0. The number of aromatic nitrogens is 3. The molecule has 0 amide bonds. The Bertz CT molecular complexity index is 628. The van der Waals surface area contributed by atoms with Gasteiger partial charge in [-0.05, 0) is 24.3 Å². The lowest BCUT2D eigenvalue weighted by Gasteiger charge is -2.07. The van der Waals surface area contributed by atoms with Gasteiger partial charge >= 0.3 is 0 Å². The van der Waals surface area contributed by atoms with Crippen LogP contribution in [0.1, 0.15) is 6.42 Å². The van der Waals surface area contributed by atoms with E-state index in [1.165, 1.54) is 11.8 Å². The minimum Gasteiger partial charge on any atom is -0.298 e. The molecule has 0 aliphatic rings. The number of nitriles is 1. The largest absolute Gasteiger partial charge is 0.298 e. The van der Waals surface area contributed by atoms with Gasteiger partial charge in [0.15, 0.2) is 11.0 Å². The highest BCUT2D eigenvalue weighted by Crippen LogP contribution is 2.25. The molecule has 0 aliphatic carbocycles. The van der Waals surface area contributed by atoms with Gasteiger partial charge in [-0.25, -0.2) is 0 Å². The molecule has 1 aromatic carbocycles. The second-order valence-electron chi connectivity index (χ2n) is 3.97. The van der Waals surface area contributed by atoms with Crippen molar-refractivity contribution in [1.82, 2.24) is 14.8 Å². The van der Waals surface area contributed by atoms with Crippen LogP contribution >= 0.6 is 23.4 Å². The van der Waals surface area contributed by atoms with E-state index in [4.69, 9.17) is 16.9 Å². The van der Waals surface area contributed by atoms with Gasteiger partial charge in [0.2, 0.25) is 0 Å². The zero-order valence-corrected chi connectivity index (χ0v) is 12.4. The summed E-state index contributed by atoms with van der Waals surface area (Å²) in [6, 6.07) is 9.60. The molecule has 1 heterocycles. The number of halogens is 1. The highest BCUT2D eigenvalue weighted by Gasteiger charge is 2.13. The van der Waals surface area contributed by atoms with Crippen molar-refractivity contribution in [2.45, 2.75) is 18.1 Å². The summed E-state index contributed by atoms with van der Waals surface area (Å²) >= 11 is 7.42. The molecule has 0 aliphatic heterocycles. The molecule has 0 N–H and O–H groups in total. The molecule has 0 bridgehead atoms. The van der Waals surface area contributed by atoms with E-state index in [0.29, 0.717) is 23.7 Å². The average molecular weight is 305 g/mol. The Morgan fingerprint density at radius 2 is 2.10 bits per heavy atom. The first-order valence-electron chi connectivity index (χ1n) is 6.06. The maximum Gasteiger partial charge on any atom is 0.191 e. The molecule has 6 heteroatoms. The molecule has 102 valence electrons. The predicted molar refractivity (Wildman–Crippen MR) is 81.6 cm³/mol. The number of benzene rings is 1. The quantitative estimate of drug-likeness (QED) is 0.463. The van der Waals surface area contributed by atoms with Crippen molar-refractivity contribution >= 4 is 23.4 Å². The van der Waals surface area contributed by atoms with E-state index in [2.05, 4.69) is 22.8 Å². The molecule has 0 fully saturated rings. The van der Waals surface area contributed by atoms with Crippen molar-refractivity contribution < 1.29 is 0 Å². The van der Waals surface area contributed by atoms with Gasteiger partial charge in [0.1, 0.15) is 0 Å². The summed E-state index contributed by atoms with van der Waals surface area (Å²) in [6.07, 6.45) is 2.29. The number of nitrogens with zero attached hydrogens (tertiary/aromatic N) is 4. The van der Waals surface area contributed by atoms with Crippen LogP contribution in [0.2, 0.25) is 5.02 Å². The third kappa shape index (κ3) is 3.41. The number of allylic oxidation sites excluding steroid dienone is 1. The van der Waals surface area contributed by atoms with Crippen LogP contribution in [-0.4, -0.2) is 20.5 Å². The van der Waals surface area contributed by atoms with Gasteiger partial charge in [-0.1, -0.05) is 29.4 Å². The van der Waals surface area contributed by atoms with E-state index in [0.717, 1.165) is 16.5 Å². The second kappa shape index (κ2) is 7.13. The number of rotatable bonds is 6. The van der Waals surface area contributed by atoms with E-state index >= 15 is 0 Å². The zero-order valence-electron chi connectivity index (χ0n) is 10.8. The minimum absolute atomic E-state index is 0.488. The van der Waals surface area contributed by atoms with E-state index in [1.807, 2.05) is 28.8 Å². The van der Waals surface area contributed by atoms with Crippen LogP contribution in [-0.2, 0) is 6.54 Å². The first-order valence-corrected chi connectivity index (χ1v) is 7.42. The molecular weight excluding hydrogens is 292 g/mol. The normalized spacial score (nSPS) is 10.2. The van der Waals surface area contributed by atoms with Crippen molar-refractivity contribution in [1.29, 1.82) is 5.26 Å². The summed E-state index contributed by atoms with van der Waals surface area (Å²) in [6.45, 7) is 4.39. The maximum atomic E-state index is 8.59. The topological polar surface area (TPSA) is 54.5 Å². The summed E-state index contributed by atoms with van der Waals surface area (Å²) in [5, 5.41) is 18.5. The third-order valence-corrected chi connectivity index (χ3v) is 3.80. The van der Waals surface area contributed by atoms with E-state index in [1.54, 1.807) is 6.08 Å².